The van der Waals surface area contributed by atoms with Crippen molar-refractivity contribution in [1.82, 2.24) is 10.3 Å². The summed E-state index contributed by atoms with van der Waals surface area (Å²) in [7, 11) is 0. The van der Waals surface area contributed by atoms with Crippen LogP contribution in [-0.4, -0.2) is 22.8 Å². The van der Waals surface area contributed by atoms with Gasteiger partial charge in [0, 0.05) is 17.7 Å². The van der Waals surface area contributed by atoms with E-state index in [0.29, 0.717) is 29.6 Å². The van der Waals surface area contributed by atoms with E-state index in [-0.39, 0.29) is 17.4 Å². The molecule has 1 unspecified atom stereocenters. The number of anilines is 1. The molecule has 0 radical (unpaired) electrons. The molecule has 1 aromatic heterocycles. The lowest BCUT2D eigenvalue weighted by Gasteiger charge is -2.11. The fourth-order valence-corrected chi connectivity index (χ4v) is 2.43. The third-order valence-corrected chi connectivity index (χ3v) is 3.61. The Bertz CT molecular complexity index is 794. The minimum atomic E-state index is -0.481. The number of carbonyl (C=O) groups excluding carboxylic acids is 2. The molecule has 1 aliphatic rings. The van der Waals surface area contributed by atoms with Crippen molar-refractivity contribution in [1.29, 1.82) is 0 Å². The number of hydrogen-bond acceptors (Lipinski definition) is 3. The fraction of sp³-hybridized carbons (Fsp3) is 0.267. The second kappa shape index (κ2) is 5.05. The molecule has 21 heavy (non-hydrogen) atoms. The van der Waals surface area contributed by atoms with Crippen LogP contribution in [0.3, 0.4) is 0 Å². The SMILES string of the molecule is Cc1cc2ccc(NC(=O)C3CCC(=O)N3)cc2[nH]c1=O. The number of carbonyl (C=O) groups is 2. The first-order valence-corrected chi connectivity index (χ1v) is 6.77. The first-order valence-electron chi connectivity index (χ1n) is 6.77. The quantitative estimate of drug-likeness (QED) is 0.770. The van der Waals surface area contributed by atoms with Gasteiger partial charge < -0.3 is 15.6 Å². The van der Waals surface area contributed by atoms with Gasteiger partial charge in [0.15, 0.2) is 0 Å². The van der Waals surface area contributed by atoms with E-state index in [2.05, 4.69) is 15.6 Å². The highest BCUT2D eigenvalue weighted by Crippen LogP contribution is 2.18. The second-order valence-corrected chi connectivity index (χ2v) is 5.23. The van der Waals surface area contributed by atoms with Gasteiger partial charge in [0.05, 0.1) is 5.52 Å². The van der Waals surface area contributed by atoms with Crippen LogP contribution in [0.1, 0.15) is 18.4 Å². The van der Waals surface area contributed by atoms with Crippen molar-refractivity contribution < 1.29 is 9.59 Å². The van der Waals surface area contributed by atoms with Gasteiger partial charge in [0.25, 0.3) is 5.56 Å². The van der Waals surface area contributed by atoms with Crippen molar-refractivity contribution in [3.05, 3.63) is 40.2 Å². The summed E-state index contributed by atoms with van der Waals surface area (Å²) in [5.74, 6) is -0.344. The first-order chi connectivity index (χ1) is 10.0. The van der Waals surface area contributed by atoms with Gasteiger partial charge in [-0.3, -0.25) is 14.4 Å². The summed E-state index contributed by atoms with van der Waals surface area (Å²) in [5, 5.41) is 6.28. The van der Waals surface area contributed by atoms with E-state index in [9.17, 15) is 14.4 Å². The Morgan fingerprint density at radius 3 is 2.81 bits per heavy atom. The molecule has 0 spiro atoms. The smallest absolute Gasteiger partial charge is 0.251 e. The number of rotatable bonds is 2. The molecule has 1 aliphatic heterocycles. The maximum absolute atomic E-state index is 12.0. The zero-order valence-electron chi connectivity index (χ0n) is 11.5. The van der Waals surface area contributed by atoms with E-state index in [0.717, 1.165) is 5.39 Å². The maximum Gasteiger partial charge on any atom is 0.251 e. The van der Waals surface area contributed by atoms with Gasteiger partial charge in [-0.15, -0.1) is 0 Å². The van der Waals surface area contributed by atoms with E-state index in [1.54, 1.807) is 25.1 Å². The van der Waals surface area contributed by atoms with Gasteiger partial charge in [0.1, 0.15) is 6.04 Å². The van der Waals surface area contributed by atoms with Crippen LogP contribution < -0.4 is 16.2 Å². The number of amides is 2. The summed E-state index contributed by atoms with van der Waals surface area (Å²) >= 11 is 0. The Hall–Kier alpha value is -2.63. The molecule has 2 aromatic rings. The molecule has 6 heteroatoms. The number of aromatic nitrogens is 1. The lowest BCUT2D eigenvalue weighted by atomic mass is 10.1. The lowest BCUT2D eigenvalue weighted by Crippen LogP contribution is -2.37. The molecule has 0 bridgehead atoms. The number of hydrogen-bond donors (Lipinski definition) is 3. The number of H-pyrrole nitrogens is 1. The van der Waals surface area contributed by atoms with Crippen molar-refractivity contribution in [2.45, 2.75) is 25.8 Å². The molecule has 0 saturated carbocycles. The lowest BCUT2D eigenvalue weighted by molar-refractivity contribution is -0.122. The molecule has 1 aromatic carbocycles. The molecule has 2 heterocycles. The Morgan fingerprint density at radius 1 is 1.29 bits per heavy atom. The number of fused-ring (bicyclic) bond motifs is 1. The molecular formula is C15H15N3O3. The van der Waals surface area contributed by atoms with E-state index < -0.39 is 6.04 Å². The van der Waals surface area contributed by atoms with Gasteiger partial charge in [-0.25, -0.2) is 0 Å². The van der Waals surface area contributed by atoms with E-state index >= 15 is 0 Å². The molecule has 1 atom stereocenters. The predicted molar refractivity (Wildman–Crippen MR) is 79.1 cm³/mol. The molecule has 2 amide bonds. The third kappa shape index (κ3) is 2.65. The van der Waals surface area contributed by atoms with Crippen LogP contribution >= 0.6 is 0 Å². The minimum absolute atomic E-state index is 0.103. The summed E-state index contributed by atoms with van der Waals surface area (Å²) in [6.45, 7) is 1.75. The van der Waals surface area contributed by atoms with Crippen molar-refractivity contribution in [3.63, 3.8) is 0 Å². The summed E-state index contributed by atoms with van der Waals surface area (Å²) < 4.78 is 0. The summed E-state index contributed by atoms with van der Waals surface area (Å²) in [4.78, 5) is 37.5. The Balaban J connectivity index is 1.84. The first kappa shape index (κ1) is 13.4. The zero-order valence-corrected chi connectivity index (χ0v) is 11.5. The van der Waals surface area contributed by atoms with Crippen LogP contribution in [0.25, 0.3) is 10.9 Å². The van der Waals surface area contributed by atoms with Crippen LogP contribution in [0.4, 0.5) is 5.69 Å². The highest BCUT2D eigenvalue weighted by Gasteiger charge is 2.27. The normalized spacial score (nSPS) is 17.8. The van der Waals surface area contributed by atoms with E-state index in [1.165, 1.54) is 0 Å². The van der Waals surface area contributed by atoms with Crippen molar-refractivity contribution in [2.24, 2.45) is 0 Å². The molecule has 3 N–H and O–H groups in total. The highest BCUT2D eigenvalue weighted by atomic mass is 16.2. The molecule has 1 fully saturated rings. The average molecular weight is 285 g/mol. The topological polar surface area (TPSA) is 91.1 Å². The summed E-state index contributed by atoms with van der Waals surface area (Å²) in [6.07, 6.45) is 0.886. The number of nitrogens with one attached hydrogen (secondary N) is 3. The van der Waals surface area contributed by atoms with Crippen LogP contribution in [0.15, 0.2) is 29.1 Å². The average Bonchev–Trinajstić information content (AvgIpc) is 2.87. The maximum atomic E-state index is 12.0. The van der Waals surface area contributed by atoms with Crippen molar-refractivity contribution >= 4 is 28.4 Å². The number of pyridine rings is 1. The minimum Gasteiger partial charge on any atom is -0.344 e. The number of aromatic amines is 1. The Morgan fingerprint density at radius 2 is 2.10 bits per heavy atom. The second-order valence-electron chi connectivity index (χ2n) is 5.23. The standard InChI is InChI=1S/C15H15N3O3/c1-8-6-9-2-3-10(7-12(9)18-14(8)20)16-15(21)11-4-5-13(19)17-11/h2-3,6-7,11H,4-5H2,1H3,(H,16,21)(H,17,19)(H,18,20). The van der Waals surface area contributed by atoms with Gasteiger partial charge >= 0.3 is 0 Å². The third-order valence-electron chi connectivity index (χ3n) is 3.61. The largest absolute Gasteiger partial charge is 0.344 e. The van der Waals surface area contributed by atoms with Gasteiger partial charge in [-0.2, -0.15) is 0 Å². The van der Waals surface area contributed by atoms with E-state index in [1.807, 2.05) is 6.07 Å². The van der Waals surface area contributed by atoms with Crippen LogP contribution in [0, 0.1) is 6.92 Å². The van der Waals surface area contributed by atoms with Gasteiger partial charge in [-0.1, -0.05) is 6.07 Å². The van der Waals surface area contributed by atoms with E-state index in [4.69, 9.17) is 0 Å². The van der Waals surface area contributed by atoms with Crippen molar-refractivity contribution in [3.8, 4) is 0 Å². The summed E-state index contributed by atoms with van der Waals surface area (Å²) in [5.41, 5.74) is 1.76. The molecule has 6 nitrogen and oxygen atoms in total. The van der Waals surface area contributed by atoms with Crippen molar-refractivity contribution in [2.75, 3.05) is 5.32 Å². The monoisotopic (exact) mass is 285 g/mol. The molecular weight excluding hydrogens is 270 g/mol. The number of aryl methyl sites for hydroxylation is 1. The highest BCUT2D eigenvalue weighted by molar-refractivity contribution is 6.00. The molecule has 3 rings (SSSR count). The van der Waals surface area contributed by atoms with Gasteiger partial charge in [-0.05, 0) is 36.9 Å². The van der Waals surface area contributed by atoms with Crippen LogP contribution in [-0.2, 0) is 9.59 Å². The number of benzene rings is 1. The zero-order chi connectivity index (χ0) is 15.0. The molecule has 0 aliphatic carbocycles. The predicted octanol–water partition coefficient (Wildman–Crippen LogP) is 1.05. The molecule has 108 valence electrons. The van der Waals surface area contributed by atoms with Crippen LogP contribution in [0.2, 0.25) is 0 Å². The Kier molecular flexibility index (Phi) is 3.21. The Labute approximate surface area is 120 Å². The fourth-order valence-electron chi connectivity index (χ4n) is 2.43. The molecule has 1 saturated heterocycles. The van der Waals surface area contributed by atoms with Crippen LogP contribution in [0.5, 0.6) is 0 Å². The van der Waals surface area contributed by atoms with Gasteiger partial charge in [0.2, 0.25) is 11.8 Å². The summed E-state index contributed by atoms with van der Waals surface area (Å²) in [6, 6.07) is 6.64.